The number of rotatable bonds is 4. The molecule has 1 N–H and O–H groups in total. The second-order valence-electron chi connectivity index (χ2n) is 3.27. The van der Waals surface area contributed by atoms with E-state index in [1.165, 1.54) is 6.20 Å². The molecule has 0 spiro atoms. The monoisotopic (exact) mass is 230 g/mol. The molecule has 2 nitrogen and oxygen atoms in total. The minimum Gasteiger partial charge on any atom is -0.319 e. The third kappa shape index (κ3) is 4.02. The van der Waals surface area contributed by atoms with Gasteiger partial charge in [0.1, 0.15) is 5.69 Å². The van der Waals surface area contributed by atoms with Crippen LogP contribution in [0.4, 0.5) is 13.2 Å². The van der Waals surface area contributed by atoms with Crippen LogP contribution in [-0.4, -0.2) is 18.6 Å². The van der Waals surface area contributed by atoms with E-state index in [1.54, 1.807) is 12.1 Å². The first-order valence-electron chi connectivity index (χ1n) is 4.88. The molecule has 0 aromatic carbocycles. The first kappa shape index (κ1) is 12.7. The molecule has 0 saturated carbocycles. The van der Waals surface area contributed by atoms with Crippen LogP contribution in [0.2, 0.25) is 0 Å². The maximum atomic E-state index is 12.3. The van der Waals surface area contributed by atoms with E-state index in [4.69, 9.17) is 0 Å². The van der Waals surface area contributed by atoms with Crippen LogP contribution in [0.5, 0.6) is 0 Å². The lowest BCUT2D eigenvalue weighted by Gasteiger charge is -2.05. The summed E-state index contributed by atoms with van der Waals surface area (Å²) in [6.07, 6.45) is 1.05. The van der Waals surface area contributed by atoms with Gasteiger partial charge in [-0.3, -0.25) is 4.98 Å². The maximum absolute atomic E-state index is 12.3. The van der Waals surface area contributed by atoms with Gasteiger partial charge in [-0.15, -0.1) is 0 Å². The smallest absolute Gasteiger partial charge is 0.319 e. The molecule has 1 aromatic rings. The van der Waals surface area contributed by atoms with Crippen molar-refractivity contribution in [2.24, 2.45) is 0 Å². The van der Waals surface area contributed by atoms with Crippen LogP contribution in [0.25, 0.3) is 6.08 Å². The summed E-state index contributed by atoms with van der Waals surface area (Å²) in [6.45, 7) is 0.799. The van der Waals surface area contributed by atoms with Crippen molar-refractivity contribution in [1.29, 1.82) is 0 Å². The van der Waals surface area contributed by atoms with E-state index < -0.39 is 11.9 Å². The molecule has 0 saturated heterocycles. The predicted octanol–water partition coefficient (Wildman–Crippen LogP) is 2.72. The third-order valence-corrected chi connectivity index (χ3v) is 1.95. The molecule has 0 bridgehead atoms. The standard InChI is InChI=1S/C11H13F3N2/c1-15-6-3-2-4-9-5-7-16-10(8-9)11(12,13)14/h2,4-5,7-8,15H,3,6H2,1H3. The average molecular weight is 230 g/mol. The van der Waals surface area contributed by atoms with Crippen molar-refractivity contribution in [1.82, 2.24) is 10.3 Å². The Kier molecular flexibility index (Phi) is 4.49. The molecule has 88 valence electrons. The van der Waals surface area contributed by atoms with Crippen LogP contribution >= 0.6 is 0 Å². The molecule has 5 heteroatoms. The van der Waals surface area contributed by atoms with Crippen molar-refractivity contribution in [3.63, 3.8) is 0 Å². The molecule has 1 aromatic heterocycles. The number of nitrogens with one attached hydrogen (secondary N) is 1. The van der Waals surface area contributed by atoms with Gasteiger partial charge in [0.25, 0.3) is 0 Å². The van der Waals surface area contributed by atoms with E-state index in [-0.39, 0.29) is 0 Å². The highest BCUT2D eigenvalue weighted by atomic mass is 19.4. The molecule has 1 heterocycles. The SMILES string of the molecule is CNCCC=Cc1ccnc(C(F)(F)F)c1. The molecule has 0 unspecified atom stereocenters. The van der Waals surface area contributed by atoms with Crippen LogP contribution in [0.1, 0.15) is 17.7 Å². The minimum absolute atomic E-state index is 0.512. The molecule has 0 radical (unpaired) electrons. The van der Waals surface area contributed by atoms with Crippen LogP contribution in [0, 0.1) is 0 Å². The number of aromatic nitrogens is 1. The van der Waals surface area contributed by atoms with E-state index in [2.05, 4.69) is 10.3 Å². The van der Waals surface area contributed by atoms with Gasteiger partial charge < -0.3 is 5.32 Å². The van der Waals surface area contributed by atoms with E-state index in [1.807, 2.05) is 13.1 Å². The molecule has 1 rings (SSSR count). The lowest BCUT2D eigenvalue weighted by molar-refractivity contribution is -0.141. The Hall–Kier alpha value is -1.36. The van der Waals surface area contributed by atoms with Crippen LogP contribution < -0.4 is 5.32 Å². The van der Waals surface area contributed by atoms with Gasteiger partial charge in [0.2, 0.25) is 0 Å². The van der Waals surface area contributed by atoms with Crippen molar-refractivity contribution in [3.8, 4) is 0 Å². The van der Waals surface area contributed by atoms with Gasteiger partial charge >= 0.3 is 6.18 Å². The Bertz CT molecular complexity index is 358. The zero-order valence-electron chi connectivity index (χ0n) is 8.88. The van der Waals surface area contributed by atoms with Crippen molar-refractivity contribution in [3.05, 3.63) is 35.7 Å². The highest BCUT2D eigenvalue weighted by Gasteiger charge is 2.32. The van der Waals surface area contributed by atoms with Gasteiger partial charge in [0, 0.05) is 6.20 Å². The molecule has 16 heavy (non-hydrogen) atoms. The van der Waals surface area contributed by atoms with E-state index in [0.717, 1.165) is 19.0 Å². The van der Waals surface area contributed by atoms with Gasteiger partial charge in [-0.2, -0.15) is 13.2 Å². The van der Waals surface area contributed by atoms with E-state index in [0.29, 0.717) is 5.56 Å². The van der Waals surface area contributed by atoms with Crippen molar-refractivity contribution < 1.29 is 13.2 Å². The fraction of sp³-hybridized carbons (Fsp3) is 0.364. The largest absolute Gasteiger partial charge is 0.433 e. The van der Waals surface area contributed by atoms with Crippen molar-refractivity contribution >= 4 is 6.08 Å². The Labute approximate surface area is 92.2 Å². The number of halogens is 3. The van der Waals surface area contributed by atoms with Gasteiger partial charge in [-0.25, -0.2) is 0 Å². The number of hydrogen-bond donors (Lipinski definition) is 1. The van der Waals surface area contributed by atoms with Crippen LogP contribution in [0.15, 0.2) is 24.4 Å². The first-order chi connectivity index (χ1) is 7.54. The predicted molar refractivity (Wildman–Crippen MR) is 56.8 cm³/mol. The molecule has 0 aliphatic heterocycles. The van der Waals surface area contributed by atoms with Gasteiger partial charge in [0.05, 0.1) is 0 Å². The van der Waals surface area contributed by atoms with E-state index >= 15 is 0 Å². The number of pyridine rings is 1. The number of alkyl halides is 3. The molecule has 0 atom stereocenters. The molecular weight excluding hydrogens is 217 g/mol. The quantitative estimate of drug-likeness (QED) is 0.804. The lowest BCUT2D eigenvalue weighted by Crippen LogP contribution is -2.07. The average Bonchev–Trinajstić information content (AvgIpc) is 2.24. The maximum Gasteiger partial charge on any atom is 0.433 e. The number of hydrogen-bond acceptors (Lipinski definition) is 2. The molecule has 0 fully saturated rings. The Morgan fingerprint density at radius 3 is 2.81 bits per heavy atom. The first-order valence-corrected chi connectivity index (χ1v) is 4.88. The van der Waals surface area contributed by atoms with Gasteiger partial charge in [-0.05, 0) is 37.7 Å². The van der Waals surface area contributed by atoms with Crippen LogP contribution in [-0.2, 0) is 6.18 Å². The summed E-state index contributed by atoms with van der Waals surface area (Å²) >= 11 is 0. The highest BCUT2D eigenvalue weighted by Crippen LogP contribution is 2.27. The summed E-state index contributed by atoms with van der Waals surface area (Å²) < 4.78 is 36.9. The minimum atomic E-state index is -4.38. The fourth-order valence-electron chi connectivity index (χ4n) is 1.15. The van der Waals surface area contributed by atoms with E-state index in [9.17, 15) is 13.2 Å². The highest BCUT2D eigenvalue weighted by molar-refractivity contribution is 5.49. The second-order valence-corrected chi connectivity index (χ2v) is 3.27. The number of nitrogens with zero attached hydrogens (tertiary/aromatic N) is 1. The zero-order chi connectivity index (χ0) is 12.0. The summed E-state index contributed by atoms with van der Waals surface area (Å²) in [7, 11) is 1.82. The summed E-state index contributed by atoms with van der Waals surface area (Å²) in [4.78, 5) is 3.28. The third-order valence-electron chi connectivity index (χ3n) is 1.95. The Morgan fingerprint density at radius 2 is 2.19 bits per heavy atom. The van der Waals surface area contributed by atoms with Gasteiger partial charge in [-0.1, -0.05) is 12.2 Å². The topological polar surface area (TPSA) is 24.9 Å². The Balaban J connectivity index is 2.71. The molecule has 0 amide bonds. The van der Waals surface area contributed by atoms with Crippen molar-refractivity contribution in [2.75, 3.05) is 13.6 Å². The summed E-state index contributed by atoms with van der Waals surface area (Å²) in [5.41, 5.74) is -0.346. The van der Waals surface area contributed by atoms with Crippen molar-refractivity contribution in [2.45, 2.75) is 12.6 Å². The molecule has 0 aliphatic carbocycles. The fourth-order valence-corrected chi connectivity index (χ4v) is 1.15. The summed E-state index contributed by atoms with van der Waals surface area (Å²) in [5.74, 6) is 0. The molecule has 0 aliphatic rings. The van der Waals surface area contributed by atoms with Crippen LogP contribution in [0.3, 0.4) is 0 Å². The zero-order valence-corrected chi connectivity index (χ0v) is 8.88. The summed E-state index contributed by atoms with van der Waals surface area (Å²) in [5, 5.41) is 2.95. The Morgan fingerprint density at radius 1 is 1.44 bits per heavy atom. The van der Waals surface area contributed by atoms with Gasteiger partial charge in [0.15, 0.2) is 0 Å². The lowest BCUT2D eigenvalue weighted by atomic mass is 10.2. The molecular formula is C11H13F3N2. The second kappa shape index (κ2) is 5.65. The summed E-state index contributed by atoms with van der Waals surface area (Å²) in [6, 6.07) is 2.58. The normalized spacial score (nSPS) is 12.2.